The van der Waals surface area contributed by atoms with Crippen molar-refractivity contribution >= 4 is 22.8 Å². The van der Waals surface area contributed by atoms with Crippen LogP contribution in [0.5, 0.6) is 11.6 Å². The third kappa shape index (κ3) is 7.06. The van der Waals surface area contributed by atoms with Crippen molar-refractivity contribution < 1.29 is 32.2 Å². The number of para-hydroxylation sites is 1. The number of hydrogen-bond donors (Lipinski definition) is 1. The number of fused-ring (bicyclic) bond motifs is 1. The summed E-state index contributed by atoms with van der Waals surface area (Å²) in [4.78, 5) is 35.9. The van der Waals surface area contributed by atoms with E-state index in [1.165, 1.54) is 18.5 Å². The lowest BCUT2D eigenvalue weighted by Gasteiger charge is -2.22. The Labute approximate surface area is 281 Å². The van der Waals surface area contributed by atoms with Gasteiger partial charge >= 0.3 is 12.2 Å². The molecule has 6 rings (SSSR count). The number of nitrogens with one attached hydrogen (secondary N) is 1. The molecular formula is C38H35F3N4O4. The standard InChI is InChI=1S/C38H35F3N4O4/c1-24(2)49-32-17-16-28(23-42-32)37(3)35(46)45(36(47)44-37)18-9-19-48-29-13-7-12-26(21-29)33-27(20-25-10-5-4-6-11-25)22-43-34-30(33)14-8-15-31(34)38(39,40)41/h4-8,10-17,21-24H,9,18-20H2,1-3H3,(H,44,47). The van der Waals surface area contributed by atoms with E-state index >= 15 is 0 Å². The molecule has 1 fully saturated rings. The van der Waals surface area contributed by atoms with Gasteiger partial charge in [-0.1, -0.05) is 54.6 Å². The predicted molar refractivity (Wildman–Crippen MR) is 179 cm³/mol. The summed E-state index contributed by atoms with van der Waals surface area (Å²) in [5.41, 5.74) is 1.44. The molecule has 1 aliphatic heterocycles. The van der Waals surface area contributed by atoms with Crippen molar-refractivity contribution in [3.05, 3.63) is 120 Å². The molecule has 1 aliphatic rings. The normalized spacial score (nSPS) is 16.3. The van der Waals surface area contributed by atoms with E-state index in [4.69, 9.17) is 9.47 Å². The molecule has 0 radical (unpaired) electrons. The zero-order chi connectivity index (χ0) is 34.8. The number of hydrogen-bond acceptors (Lipinski definition) is 6. The molecule has 1 atom stereocenters. The van der Waals surface area contributed by atoms with E-state index < -0.39 is 29.2 Å². The third-order valence-electron chi connectivity index (χ3n) is 8.38. The fourth-order valence-electron chi connectivity index (χ4n) is 6.02. The number of urea groups is 1. The summed E-state index contributed by atoms with van der Waals surface area (Å²) in [7, 11) is 0. The van der Waals surface area contributed by atoms with Crippen LogP contribution >= 0.6 is 0 Å². The number of pyridine rings is 2. The third-order valence-corrected chi connectivity index (χ3v) is 8.38. The molecule has 11 heteroatoms. The smallest absolute Gasteiger partial charge is 0.418 e. The minimum absolute atomic E-state index is 0.0546. The number of benzene rings is 3. The van der Waals surface area contributed by atoms with Crippen molar-refractivity contribution in [3.8, 4) is 22.8 Å². The zero-order valence-corrected chi connectivity index (χ0v) is 27.3. The van der Waals surface area contributed by atoms with Gasteiger partial charge in [0.25, 0.3) is 5.91 Å². The van der Waals surface area contributed by atoms with Crippen molar-refractivity contribution in [3.63, 3.8) is 0 Å². The highest BCUT2D eigenvalue weighted by Crippen LogP contribution is 2.40. The fourth-order valence-corrected chi connectivity index (χ4v) is 6.02. The van der Waals surface area contributed by atoms with Gasteiger partial charge in [0.05, 0.1) is 23.8 Å². The topological polar surface area (TPSA) is 93.6 Å². The molecule has 3 amide bonds. The molecule has 5 aromatic rings. The van der Waals surface area contributed by atoms with Crippen LogP contribution in [0.15, 0.2) is 97.3 Å². The van der Waals surface area contributed by atoms with Gasteiger partial charge in [-0.25, -0.2) is 9.78 Å². The van der Waals surface area contributed by atoms with Crippen LogP contribution in [-0.4, -0.2) is 46.1 Å². The second-order valence-corrected chi connectivity index (χ2v) is 12.3. The van der Waals surface area contributed by atoms with Crippen LogP contribution in [0.4, 0.5) is 18.0 Å². The lowest BCUT2D eigenvalue weighted by Crippen LogP contribution is -2.41. The van der Waals surface area contributed by atoms with Crippen molar-refractivity contribution in [2.75, 3.05) is 13.2 Å². The average Bonchev–Trinajstić information content (AvgIpc) is 3.30. The quantitative estimate of drug-likeness (QED) is 0.114. The van der Waals surface area contributed by atoms with Gasteiger partial charge in [-0.3, -0.25) is 14.7 Å². The van der Waals surface area contributed by atoms with Crippen LogP contribution in [-0.2, 0) is 22.9 Å². The number of aromatic nitrogens is 2. The van der Waals surface area contributed by atoms with Crippen LogP contribution in [0.3, 0.4) is 0 Å². The largest absolute Gasteiger partial charge is 0.494 e. The monoisotopic (exact) mass is 668 g/mol. The number of halogens is 3. The molecule has 3 heterocycles. The van der Waals surface area contributed by atoms with Gasteiger partial charge < -0.3 is 14.8 Å². The van der Waals surface area contributed by atoms with E-state index in [1.807, 2.05) is 50.2 Å². The Balaban J connectivity index is 1.19. The maximum Gasteiger partial charge on any atom is 0.418 e. The van der Waals surface area contributed by atoms with Crippen molar-refractivity contribution in [2.45, 2.75) is 51.4 Å². The predicted octanol–water partition coefficient (Wildman–Crippen LogP) is 7.93. The number of ether oxygens (including phenoxy) is 2. The molecule has 0 spiro atoms. The Bertz CT molecular complexity index is 1980. The van der Waals surface area contributed by atoms with Crippen LogP contribution in [0.2, 0.25) is 0 Å². The van der Waals surface area contributed by atoms with E-state index in [1.54, 1.807) is 43.3 Å². The Morgan fingerprint density at radius 1 is 0.918 bits per heavy atom. The molecular weight excluding hydrogens is 633 g/mol. The van der Waals surface area contributed by atoms with Gasteiger partial charge in [0.15, 0.2) is 0 Å². The Morgan fingerprint density at radius 2 is 1.69 bits per heavy atom. The Morgan fingerprint density at radius 3 is 2.41 bits per heavy atom. The molecule has 2 aromatic heterocycles. The van der Waals surface area contributed by atoms with E-state index in [2.05, 4.69) is 15.3 Å². The molecule has 1 N–H and O–H groups in total. The Kier molecular flexibility index (Phi) is 9.27. The highest BCUT2D eigenvalue weighted by molar-refractivity contribution is 6.07. The van der Waals surface area contributed by atoms with Crippen molar-refractivity contribution in [1.29, 1.82) is 0 Å². The first-order chi connectivity index (χ1) is 23.4. The summed E-state index contributed by atoms with van der Waals surface area (Å²) in [5, 5.41) is 3.17. The van der Waals surface area contributed by atoms with Crippen LogP contribution in [0, 0.1) is 0 Å². The summed E-state index contributed by atoms with van der Waals surface area (Å²) < 4.78 is 53.5. The number of nitrogens with zero attached hydrogens (tertiary/aromatic N) is 3. The maximum atomic E-state index is 14.0. The van der Waals surface area contributed by atoms with E-state index in [9.17, 15) is 22.8 Å². The first-order valence-corrected chi connectivity index (χ1v) is 16.0. The lowest BCUT2D eigenvalue weighted by molar-refractivity contribution is -0.136. The summed E-state index contributed by atoms with van der Waals surface area (Å²) in [5.74, 6) is 0.525. The summed E-state index contributed by atoms with van der Waals surface area (Å²) in [6.45, 7) is 5.72. The second-order valence-electron chi connectivity index (χ2n) is 12.3. The fraction of sp³-hybridized carbons (Fsp3) is 0.263. The lowest BCUT2D eigenvalue weighted by atomic mass is 9.92. The highest BCUT2D eigenvalue weighted by Gasteiger charge is 2.49. The molecule has 49 heavy (non-hydrogen) atoms. The van der Waals surface area contributed by atoms with Crippen LogP contribution in [0.1, 0.15) is 49.4 Å². The van der Waals surface area contributed by atoms with Gasteiger partial charge in [0.1, 0.15) is 11.3 Å². The van der Waals surface area contributed by atoms with Gasteiger partial charge in [-0.15, -0.1) is 0 Å². The maximum absolute atomic E-state index is 14.0. The molecule has 0 saturated carbocycles. The number of carbonyl (C=O) groups is 2. The Hall–Kier alpha value is -5.45. The van der Waals surface area contributed by atoms with Gasteiger partial charge in [0.2, 0.25) is 5.88 Å². The van der Waals surface area contributed by atoms with E-state index in [0.29, 0.717) is 46.5 Å². The van der Waals surface area contributed by atoms with Gasteiger partial charge in [-0.2, -0.15) is 13.2 Å². The van der Waals surface area contributed by atoms with Gasteiger partial charge in [-0.05, 0) is 80.1 Å². The van der Waals surface area contributed by atoms with Crippen molar-refractivity contribution in [2.24, 2.45) is 0 Å². The number of imide groups is 1. The van der Waals surface area contributed by atoms with E-state index in [-0.39, 0.29) is 24.8 Å². The van der Waals surface area contributed by atoms with Crippen LogP contribution < -0.4 is 14.8 Å². The number of amides is 3. The minimum Gasteiger partial charge on any atom is -0.494 e. The summed E-state index contributed by atoms with van der Waals surface area (Å²) in [6.07, 6.45) is -0.756. The first-order valence-electron chi connectivity index (χ1n) is 16.0. The molecule has 1 saturated heterocycles. The molecule has 3 aromatic carbocycles. The SMILES string of the molecule is CC(C)Oc1ccc(C2(C)NC(=O)N(CCCOc3cccc(-c4c(Cc5ccccc5)cnc5c(C(F)(F)F)cccc45)c3)C2=O)cn1. The first kappa shape index (κ1) is 33.5. The molecule has 1 unspecified atom stereocenters. The van der Waals surface area contributed by atoms with E-state index in [0.717, 1.165) is 22.1 Å². The second kappa shape index (κ2) is 13.6. The number of rotatable bonds is 11. The molecule has 8 nitrogen and oxygen atoms in total. The van der Waals surface area contributed by atoms with Gasteiger partial charge in [0, 0.05) is 36.0 Å². The number of alkyl halides is 3. The highest BCUT2D eigenvalue weighted by atomic mass is 19.4. The molecule has 0 aliphatic carbocycles. The van der Waals surface area contributed by atoms with Crippen LogP contribution in [0.25, 0.3) is 22.0 Å². The summed E-state index contributed by atoms with van der Waals surface area (Å²) in [6, 6.07) is 23.8. The zero-order valence-electron chi connectivity index (χ0n) is 27.3. The average molecular weight is 669 g/mol. The molecule has 0 bridgehead atoms. The number of carbonyl (C=O) groups excluding carboxylic acids is 2. The summed E-state index contributed by atoms with van der Waals surface area (Å²) >= 11 is 0. The van der Waals surface area contributed by atoms with Crippen molar-refractivity contribution in [1.82, 2.24) is 20.2 Å². The minimum atomic E-state index is -4.56. The molecule has 252 valence electrons.